The fourth-order valence-electron chi connectivity index (χ4n) is 2.21. The quantitative estimate of drug-likeness (QED) is 0.699. The molecule has 2 aromatic rings. The molecule has 0 spiro atoms. The van der Waals surface area contributed by atoms with Gasteiger partial charge in [-0.05, 0) is 25.5 Å². The number of aryl methyl sites for hydroxylation is 1. The Morgan fingerprint density at radius 3 is 2.53 bits per heavy atom. The molecule has 0 bridgehead atoms. The molecular formula is C14H15N3. The molecule has 17 heavy (non-hydrogen) atoms. The number of anilines is 1. The molecule has 0 fully saturated rings. The fraction of sp³-hybridized carbons (Fsp3) is 0.286. The monoisotopic (exact) mass is 225 g/mol. The maximum Gasteiger partial charge on any atom is 0.151 e. The predicted octanol–water partition coefficient (Wildman–Crippen LogP) is 2.70. The SMILES string of the molecule is Cc1nc2ccccc2nc1N1CC=CCC1. The molecule has 3 rings (SSSR count). The summed E-state index contributed by atoms with van der Waals surface area (Å²) in [7, 11) is 0. The number of benzene rings is 1. The van der Waals surface area contributed by atoms with Gasteiger partial charge >= 0.3 is 0 Å². The van der Waals surface area contributed by atoms with Crippen molar-refractivity contribution in [2.45, 2.75) is 13.3 Å². The molecular weight excluding hydrogens is 210 g/mol. The Hall–Kier alpha value is -1.90. The lowest BCUT2D eigenvalue weighted by Gasteiger charge is -2.25. The molecule has 0 saturated carbocycles. The van der Waals surface area contributed by atoms with Crippen LogP contribution in [0.4, 0.5) is 5.82 Å². The lowest BCUT2D eigenvalue weighted by molar-refractivity contribution is 0.800. The Morgan fingerprint density at radius 1 is 1.06 bits per heavy atom. The Kier molecular flexibility index (Phi) is 2.52. The summed E-state index contributed by atoms with van der Waals surface area (Å²) in [5, 5.41) is 0. The summed E-state index contributed by atoms with van der Waals surface area (Å²) in [6.45, 7) is 4.01. The van der Waals surface area contributed by atoms with Crippen molar-refractivity contribution in [1.29, 1.82) is 0 Å². The number of fused-ring (bicyclic) bond motifs is 1. The van der Waals surface area contributed by atoms with Crippen LogP contribution in [0.25, 0.3) is 11.0 Å². The van der Waals surface area contributed by atoms with Gasteiger partial charge in [0.25, 0.3) is 0 Å². The molecule has 1 aliphatic heterocycles. The first-order valence-corrected chi connectivity index (χ1v) is 5.98. The van der Waals surface area contributed by atoms with E-state index in [1.54, 1.807) is 0 Å². The van der Waals surface area contributed by atoms with Gasteiger partial charge < -0.3 is 4.90 Å². The molecule has 0 atom stereocenters. The summed E-state index contributed by atoms with van der Waals surface area (Å²) in [4.78, 5) is 11.6. The van der Waals surface area contributed by atoms with Gasteiger partial charge in [0.05, 0.1) is 16.7 Å². The van der Waals surface area contributed by atoms with Crippen molar-refractivity contribution in [3.05, 3.63) is 42.1 Å². The Morgan fingerprint density at radius 2 is 1.82 bits per heavy atom. The maximum atomic E-state index is 4.73. The first kappa shape index (κ1) is 10.3. The minimum atomic E-state index is 0.938. The number of hydrogen-bond acceptors (Lipinski definition) is 3. The van der Waals surface area contributed by atoms with Gasteiger partial charge in [-0.1, -0.05) is 24.3 Å². The van der Waals surface area contributed by atoms with Crippen LogP contribution in [0.1, 0.15) is 12.1 Å². The molecule has 86 valence electrons. The largest absolute Gasteiger partial charge is 0.351 e. The van der Waals surface area contributed by atoms with Crippen LogP contribution in [0.2, 0.25) is 0 Å². The van der Waals surface area contributed by atoms with E-state index >= 15 is 0 Å². The zero-order valence-corrected chi connectivity index (χ0v) is 9.93. The Balaban J connectivity index is 2.09. The molecule has 0 radical (unpaired) electrons. The highest BCUT2D eigenvalue weighted by atomic mass is 15.2. The van der Waals surface area contributed by atoms with Crippen LogP contribution in [0, 0.1) is 6.92 Å². The highest BCUT2D eigenvalue weighted by Crippen LogP contribution is 2.21. The van der Waals surface area contributed by atoms with Gasteiger partial charge in [0.1, 0.15) is 0 Å². The third-order valence-corrected chi connectivity index (χ3v) is 3.08. The van der Waals surface area contributed by atoms with E-state index in [9.17, 15) is 0 Å². The lowest BCUT2D eigenvalue weighted by atomic mass is 10.2. The van der Waals surface area contributed by atoms with Gasteiger partial charge in [-0.3, -0.25) is 0 Å². The molecule has 2 heterocycles. The van der Waals surface area contributed by atoms with Crippen molar-refractivity contribution in [3.63, 3.8) is 0 Å². The minimum absolute atomic E-state index is 0.938. The van der Waals surface area contributed by atoms with E-state index in [1.165, 1.54) is 0 Å². The fourth-order valence-corrected chi connectivity index (χ4v) is 2.21. The Labute approximate surface area is 101 Å². The molecule has 1 aliphatic rings. The van der Waals surface area contributed by atoms with Crippen molar-refractivity contribution in [1.82, 2.24) is 9.97 Å². The van der Waals surface area contributed by atoms with E-state index in [4.69, 9.17) is 4.98 Å². The predicted molar refractivity (Wildman–Crippen MR) is 70.2 cm³/mol. The highest BCUT2D eigenvalue weighted by molar-refractivity contribution is 5.76. The van der Waals surface area contributed by atoms with Crippen molar-refractivity contribution < 1.29 is 0 Å². The standard InChI is InChI=1S/C14H15N3/c1-11-14(17-9-5-2-6-10-17)16-13-8-4-3-7-12(13)15-11/h2-5,7-8H,6,9-10H2,1H3. The molecule has 0 N–H and O–H groups in total. The van der Waals surface area contributed by atoms with Gasteiger partial charge in [-0.25, -0.2) is 9.97 Å². The molecule has 0 amide bonds. The van der Waals surface area contributed by atoms with E-state index in [0.717, 1.165) is 42.1 Å². The molecule has 3 nitrogen and oxygen atoms in total. The number of hydrogen-bond donors (Lipinski definition) is 0. The average Bonchev–Trinajstić information content (AvgIpc) is 2.39. The zero-order chi connectivity index (χ0) is 11.7. The average molecular weight is 225 g/mol. The number of para-hydroxylation sites is 2. The van der Waals surface area contributed by atoms with Crippen LogP contribution in [-0.2, 0) is 0 Å². The molecule has 0 aliphatic carbocycles. The van der Waals surface area contributed by atoms with Crippen LogP contribution in [0.15, 0.2) is 36.4 Å². The summed E-state index contributed by atoms with van der Waals surface area (Å²) in [5.74, 6) is 1.02. The van der Waals surface area contributed by atoms with E-state index in [1.807, 2.05) is 31.2 Å². The van der Waals surface area contributed by atoms with Gasteiger partial charge in [-0.15, -0.1) is 0 Å². The summed E-state index contributed by atoms with van der Waals surface area (Å²) < 4.78 is 0. The van der Waals surface area contributed by atoms with E-state index in [-0.39, 0.29) is 0 Å². The Bertz CT molecular complexity index is 575. The smallest absolute Gasteiger partial charge is 0.151 e. The summed E-state index contributed by atoms with van der Waals surface area (Å²) in [6, 6.07) is 8.03. The second kappa shape index (κ2) is 4.17. The van der Waals surface area contributed by atoms with Gasteiger partial charge in [0.15, 0.2) is 5.82 Å². The lowest BCUT2D eigenvalue weighted by Crippen LogP contribution is -2.28. The topological polar surface area (TPSA) is 29.0 Å². The van der Waals surface area contributed by atoms with E-state index in [0.29, 0.717) is 0 Å². The van der Waals surface area contributed by atoms with Gasteiger partial charge in [0.2, 0.25) is 0 Å². The van der Waals surface area contributed by atoms with E-state index in [2.05, 4.69) is 22.0 Å². The maximum absolute atomic E-state index is 4.73. The first-order valence-electron chi connectivity index (χ1n) is 5.98. The normalized spacial score (nSPS) is 15.5. The molecule has 0 unspecified atom stereocenters. The van der Waals surface area contributed by atoms with Crippen molar-refractivity contribution in [3.8, 4) is 0 Å². The molecule has 3 heteroatoms. The van der Waals surface area contributed by atoms with Crippen LogP contribution in [-0.4, -0.2) is 23.1 Å². The van der Waals surface area contributed by atoms with Gasteiger partial charge in [0, 0.05) is 13.1 Å². The third-order valence-electron chi connectivity index (χ3n) is 3.08. The minimum Gasteiger partial charge on any atom is -0.351 e. The second-order valence-electron chi connectivity index (χ2n) is 4.33. The second-order valence-corrected chi connectivity index (χ2v) is 4.33. The van der Waals surface area contributed by atoms with E-state index < -0.39 is 0 Å². The van der Waals surface area contributed by atoms with Crippen molar-refractivity contribution in [2.24, 2.45) is 0 Å². The number of rotatable bonds is 1. The first-order chi connectivity index (χ1) is 8.34. The number of nitrogens with zero attached hydrogens (tertiary/aromatic N) is 3. The molecule has 0 saturated heterocycles. The third kappa shape index (κ3) is 1.88. The number of aromatic nitrogens is 2. The highest BCUT2D eigenvalue weighted by Gasteiger charge is 2.13. The van der Waals surface area contributed by atoms with Crippen molar-refractivity contribution >= 4 is 16.9 Å². The van der Waals surface area contributed by atoms with Crippen molar-refractivity contribution in [2.75, 3.05) is 18.0 Å². The summed E-state index contributed by atoms with van der Waals surface area (Å²) in [6.07, 6.45) is 5.51. The molecule has 1 aromatic carbocycles. The summed E-state index contributed by atoms with van der Waals surface area (Å²) >= 11 is 0. The molecule has 1 aromatic heterocycles. The zero-order valence-electron chi connectivity index (χ0n) is 9.93. The van der Waals surface area contributed by atoms with Crippen LogP contribution in [0.5, 0.6) is 0 Å². The summed E-state index contributed by atoms with van der Waals surface area (Å²) in [5.41, 5.74) is 2.96. The van der Waals surface area contributed by atoms with Crippen LogP contribution >= 0.6 is 0 Å². The van der Waals surface area contributed by atoms with Crippen LogP contribution in [0.3, 0.4) is 0 Å². The van der Waals surface area contributed by atoms with Gasteiger partial charge in [-0.2, -0.15) is 0 Å². The van der Waals surface area contributed by atoms with Crippen LogP contribution < -0.4 is 4.90 Å².